The van der Waals surface area contributed by atoms with Gasteiger partial charge in [-0.3, -0.25) is 14.4 Å². The van der Waals surface area contributed by atoms with Crippen molar-refractivity contribution in [1.82, 2.24) is 15.5 Å². The first-order chi connectivity index (χ1) is 15.2. The highest BCUT2D eigenvalue weighted by molar-refractivity contribution is 5.98. The van der Waals surface area contributed by atoms with E-state index in [9.17, 15) is 14.4 Å². The SMILES string of the molecule is CC(C)(C)CC(=O)N1CCC(C(NC(=O)c2ccc3c(c2)OCO3)C(=O)NC2CC2)CC1. The van der Waals surface area contributed by atoms with Crippen LogP contribution in [-0.2, 0) is 9.59 Å². The number of hydrogen-bond donors (Lipinski definition) is 2. The summed E-state index contributed by atoms with van der Waals surface area (Å²) in [6.07, 6.45) is 3.83. The molecule has 1 unspecified atom stereocenters. The Bertz CT molecular complexity index is 882. The number of fused-ring (bicyclic) bond motifs is 1. The Balaban J connectivity index is 1.41. The third-order valence-corrected chi connectivity index (χ3v) is 6.17. The second kappa shape index (κ2) is 9.00. The van der Waals surface area contributed by atoms with Crippen LogP contribution in [0.5, 0.6) is 11.5 Å². The van der Waals surface area contributed by atoms with Crippen molar-refractivity contribution in [3.63, 3.8) is 0 Å². The van der Waals surface area contributed by atoms with E-state index in [4.69, 9.17) is 9.47 Å². The molecule has 4 rings (SSSR count). The lowest BCUT2D eigenvalue weighted by molar-refractivity contribution is -0.134. The summed E-state index contributed by atoms with van der Waals surface area (Å²) in [5, 5.41) is 5.99. The van der Waals surface area contributed by atoms with Gasteiger partial charge in [-0.05, 0) is 55.2 Å². The molecular weight excluding hydrogens is 410 g/mol. The molecule has 1 aromatic carbocycles. The van der Waals surface area contributed by atoms with Crippen molar-refractivity contribution in [3.8, 4) is 11.5 Å². The Morgan fingerprint density at radius 1 is 1.06 bits per heavy atom. The number of nitrogens with zero attached hydrogens (tertiary/aromatic N) is 1. The Kier molecular flexibility index (Phi) is 6.31. The van der Waals surface area contributed by atoms with Gasteiger partial charge in [0.25, 0.3) is 5.91 Å². The lowest BCUT2D eigenvalue weighted by Crippen LogP contribution is -2.54. The fourth-order valence-electron chi connectivity index (χ4n) is 4.23. The maximum absolute atomic E-state index is 13.0. The highest BCUT2D eigenvalue weighted by atomic mass is 16.7. The molecule has 0 spiro atoms. The van der Waals surface area contributed by atoms with Crippen LogP contribution in [-0.4, -0.2) is 54.6 Å². The standard InChI is InChI=1S/C24H33N3O5/c1-24(2,3)13-20(28)27-10-8-15(9-11-27)21(23(30)25-17-5-6-17)26-22(29)16-4-7-18-19(12-16)32-14-31-18/h4,7,12,15,17,21H,5-6,8-11,13-14H2,1-3H3,(H,25,30)(H,26,29). The smallest absolute Gasteiger partial charge is 0.252 e. The Hall–Kier alpha value is -2.77. The number of likely N-dealkylation sites (tertiary alicyclic amines) is 1. The molecule has 2 N–H and O–H groups in total. The predicted octanol–water partition coefficient (Wildman–Crippen LogP) is 2.47. The van der Waals surface area contributed by atoms with Gasteiger partial charge < -0.3 is 25.0 Å². The van der Waals surface area contributed by atoms with Gasteiger partial charge in [0.05, 0.1) is 0 Å². The van der Waals surface area contributed by atoms with Gasteiger partial charge in [0.2, 0.25) is 18.6 Å². The van der Waals surface area contributed by atoms with Crippen LogP contribution in [0.15, 0.2) is 18.2 Å². The zero-order valence-corrected chi connectivity index (χ0v) is 19.1. The third-order valence-electron chi connectivity index (χ3n) is 6.17. The van der Waals surface area contributed by atoms with Gasteiger partial charge in [0.15, 0.2) is 11.5 Å². The minimum absolute atomic E-state index is 0.0228. The molecule has 32 heavy (non-hydrogen) atoms. The average molecular weight is 444 g/mol. The quantitative estimate of drug-likeness (QED) is 0.704. The highest BCUT2D eigenvalue weighted by Crippen LogP contribution is 2.33. The molecule has 174 valence electrons. The number of benzene rings is 1. The van der Waals surface area contributed by atoms with Gasteiger partial charge in [0.1, 0.15) is 6.04 Å². The fraction of sp³-hybridized carbons (Fsp3) is 0.625. The van der Waals surface area contributed by atoms with Crippen molar-refractivity contribution in [2.24, 2.45) is 11.3 Å². The maximum atomic E-state index is 13.0. The van der Waals surface area contributed by atoms with E-state index in [1.54, 1.807) is 18.2 Å². The van der Waals surface area contributed by atoms with E-state index in [2.05, 4.69) is 31.4 Å². The van der Waals surface area contributed by atoms with Crippen molar-refractivity contribution < 1.29 is 23.9 Å². The minimum atomic E-state index is -0.631. The van der Waals surface area contributed by atoms with Crippen molar-refractivity contribution in [2.45, 2.75) is 65.0 Å². The molecular formula is C24H33N3O5. The second-order valence-corrected chi connectivity index (χ2v) is 10.3. The third kappa shape index (κ3) is 5.53. The molecule has 8 nitrogen and oxygen atoms in total. The molecule has 0 bridgehead atoms. The van der Waals surface area contributed by atoms with E-state index in [1.807, 2.05) is 4.90 Å². The number of hydrogen-bond acceptors (Lipinski definition) is 5. The van der Waals surface area contributed by atoms with Crippen LogP contribution in [0.2, 0.25) is 0 Å². The van der Waals surface area contributed by atoms with Crippen molar-refractivity contribution in [1.29, 1.82) is 0 Å². The summed E-state index contributed by atoms with van der Waals surface area (Å²) in [5.74, 6) is 0.815. The lowest BCUT2D eigenvalue weighted by Gasteiger charge is -2.36. The molecule has 1 aromatic rings. The first kappa shape index (κ1) is 22.4. The largest absolute Gasteiger partial charge is 0.454 e. The van der Waals surface area contributed by atoms with E-state index in [0.29, 0.717) is 49.4 Å². The molecule has 2 aliphatic heterocycles. The molecule has 2 fully saturated rings. The summed E-state index contributed by atoms with van der Waals surface area (Å²) in [4.78, 5) is 40.5. The molecule has 8 heteroatoms. The van der Waals surface area contributed by atoms with Gasteiger partial charge in [-0.1, -0.05) is 20.8 Å². The molecule has 1 saturated carbocycles. The molecule has 1 saturated heterocycles. The summed E-state index contributed by atoms with van der Waals surface area (Å²) in [5.41, 5.74) is 0.371. The van der Waals surface area contributed by atoms with E-state index in [1.165, 1.54) is 0 Å². The van der Waals surface area contributed by atoms with E-state index < -0.39 is 6.04 Å². The molecule has 3 aliphatic rings. The second-order valence-electron chi connectivity index (χ2n) is 10.3. The van der Waals surface area contributed by atoms with Crippen LogP contribution in [0.3, 0.4) is 0 Å². The van der Waals surface area contributed by atoms with Crippen LogP contribution in [0.1, 0.15) is 63.2 Å². The summed E-state index contributed by atoms with van der Waals surface area (Å²) >= 11 is 0. The summed E-state index contributed by atoms with van der Waals surface area (Å²) in [6.45, 7) is 7.52. The van der Waals surface area contributed by atoms with Crippen LogP contribution < -0.4 is 20.1 Å². The first-order valence-corrected chi connectivity index (χ1v) is 11.5. The van der Waals surface area contributed by atoms with Crippen molar-refractivity contribution >= 4 is 17.7 Å². The number of amides is 3. The van der Waals surface area contributed by atoms with Crippen LogP contribution in [0.25, 0.3) is 0 Å². The molecule has 2 heterocycles. The lowest BCUT2D eigenvalue weighted by atomic mass is 9.87. The topological polar surface area (TPSA) is 97.0 Å². The van der Waals surface area contributed by atoms with Crippen molar-refractivity contribution in [2.75, 3.05) is 19.9 Å². The number of ether oxygens (including phenoxy) is 2. The normalized spacial score (nSPS) is 19.4. The molecule has 0 radical (unpaired) electrons. The van der Waals surface area contributed by atoms with Gasteiger partial charge in [0, 0.05) is 31.1 Å². The first-order valence-electron chi connectivity index (χ1n) is 11.5. The number of carbonyl (C=O) groups is 3. The summed E-state index contributed by atoms with van der Waals surface area (Å²) in [6, 6.07) is 4.60. The van der Waals surface area contributed by atoms with Gasteiger partial charge >= 0.3 is 0 Å². The monoisotopic (exact) mass is 443 g/mol. The average Bonchev–Trinajstić information content (AvgIpc) is 3.43. The van der Waals surface area contributed by atoms with Crippen LogP contribution in [0, 0.1) is 11.3 Å². The zero-order valence-electron chi connectivity index (χ0n) is 19.1. The van der Waals surface area contributed by atoms with Crippen LogP contribution in [0.4, 0.5) is 0 Å². The predicted molar refractivity (Wildman–Crippen MR) is 118 cm³/mol. The fourth-order valence-corrected chi connectivity index (χ4v) is 4.23. The van der Waals surface area contributed by atoms with E-state index in [-0.39, 0.29) is 41.9 Å². The Morgan fingerprint density at radius 2 is 1.75 bits per heavy atom. The molecule has 1 aliphatic carbocycles. The number of carbonyl (C=O) groups excluding carboxylic acids is 3. The molecule has 1 atom stereocenters. The number of nitrogens with one attached hydrogen (secondary N) is 2. The van der Waals surface area contributed by atoms with Crippen LogP contribution >= 0.6 is 0 Å². The molecule has 3 amide bonds. The van der Waals surface area contributed by atoms with Crippen molar-refractivity contribution in [3.05, 3.63) is 23.8 Å². The zero-order chi connectivity index (χ0) is 22.9. The number of piperidine rings is 1. The highest BCUT2D eigenvalue weighted by Gasteiger charge is 2.36. The Labute approximate surface area is 189 Å². The van der Waals surface area contributed by atoms with E-state index >= 15 is 0 Å². The Morgan fingerprint density at radius 3 is 2.41 bits per heavy atom. The van der Waals surface area contributed by atoms with Gasteiger partial charge in [-0.25, -0.2) is 0 Å². The molecule has 0 aromatic heterocycles. The summed E-state index contributed by atoms with van der Waals surface area (Å²) < 4.78 is 10.7. The van der Waals surface area contributed by atoms with E-state index in [0.717, 1.165) is 12.8 Å². The van der Waals surface area contributed by atoms with Gasteiger partial charge in [-0.15, -0.1) is 0 Å². The number of rotatable bonds is 6. The summed E-state index contributed by atoms with van der Waals surface area (Å²) in [7, 11) is 0. The minimum Gasteiger partial charge on any atom is -0.454 e. The maximum Gasteiger partial charge on any atom is 0.252 e. The van der Waals surface area contributed by atoms with Gasteiger partial charge in [-0.2, -0.15) is 0 Å².